The Morgan fingerprint density at radius 3 is 1.31 bits per heavy atom. The van der Waals surface area contributed by atoms with E-state index in [2.05, 4.69) is 200 Å². The van der Waals surface area contributed by atoms with Crippen LogP contribution >= 0.6 is 0 Å². The molecule has 0 aliphatic heterocycles. The minimum Gasteiger partial charge on any atom is -0.248 e. The van der Waals surface area contributed by atoms with Gasteiger partial charge in [-0.15, -0.1) is 0 Å². The van der Waals surface area contributed by atoms with Gasteiger partial charge in [0.1, 0.15) is 0 Å². The summed E-state index contributed by atoms with van der Waals surface area (Å²) in [5.74, 6) is 0. The van der Waals surface area contributed by atoms with Crippen LogP contribution in [0.1, 0.15) is 18.5 Å². The summed E-state index contributed by atoms with van der Waals surface area (Å²) >= 11 is 0. The van der Waals surface area contributed by atoms with Crippen LogP contribution in [0.15, 0.2) is 212 Å². The van der Waals surface area contributed by atoms with E-state index in [4.69, 9.17) is 15.0 Å². The molecule has 0 saturated carbocycles. The summed E-state index contributed by atoms with van der Waals surface area (Å²) < 4.78 is 0. The number of allylic oxidation sites excluding steroid dienone is 4. The molecule has 0 saturated heterocycles. The van der Waals surface area contributed by atoms with E-state index in [-0.39, 0.29) is 0 Å². The molecule has 0 fully saturated rings. The third-order valence-electron chi connectivity index (χ3n) is 10.9. The van der Waals surface area contributed by atoms with Crippen molar-refractivity contribution in [2.75, 3.05) is 0 Å². The molecule has 6 aromatic carbocycles. The average molecular weight is 742 g/mol. The Kier molecular flexibility index (Phi) is 9.38. The monoisotopic (exact) mass is 741 g/mol. The van der Waals surface area contributed by atoms with Crippen molar-refractivity contribution in [2.45, 2.75) is 12.8 Å². The molecule has 58 heavy (non-hydrogen) atoms. The van der Waals surface area contributed by atoms with Crippen molar-refractivity contribution in [3.8, 4) is 78.5 Å². The SMILES string of the molecule is C1=CC(c2cc(-c3ccccc3)cc(-c3ccc(-c4nc(-c5ccc(-c6cc(-c7ccccc7)nc(-c7ccccc7)c6)cc5)cc5ccccc45)cc3)n2)=CCC1. The van der Waals surface area contributed by atoms with Gasteiger partial charge in [-0.2, -0.15) is 0 Å². The molecule has 10 rings (SSSR count). The fraction of sp³-hybridized carbons (Fsp3) is 0.0364. The predicted octanol–water partition coefficient (Wildman–Crippen LogP) is 14.4. The highest BCUT2D eigenvalue weighted by atomic mass is 14.7. The molecular weight excluding hydrogens is 703 g/mol. The molecule has 9 aromatic rings. The highest BCUT2D eigenvalue weighted by Gasteiger charge is 2.15. The quantitative estimate of drug-likeness (QED) is 0.156. The van der Waals surface area contributed by atoms with Crippen molar-refractivity contribution in [1.29, 1.82) is 0 Å². The van der Waals surface area contributed by atoms with Crippen LogP contribution in [-0.2, 0) is 0 Å². The first-order valence-corrected chi connectivity index (χ1v) is 19.9. The molecule has 0 unspecified atom stereocenters. The third kappa shape index (κ3) is 7.18. The molecule has 0 amide bonds. The summed E-state index contributed by atoms with van der Waals surface area (Å²) in [5.41, 5.74) is 16.9. The summed E-state index contributed by atoms with van der Waals surface area (Å²) in [7, 11) is 0. The van der Waals surface area contributed by atoms with Gasteiger partial charge in [0.25, 0.3) is 0 Å². The first-order chi connectivity index (χ1) is 28.7. The zero-order chi connectivity index (χ0) is 38.7. The van der Waals surface area contributed by atoms with Gasteiger partial charge in [0.15, 0.2) is 0 Å². The standard InChI is InChI=1S/C55H39N3/c1-5-15-38(16-6-1)47-34-50(40-17-7-2-8-18-40)57-53(35-47)43-29-31-45(32-30-43)55-49-24-14-13-23-46(49)33-54(58-55)44-27-25-39(26-28-44)48-36-51(41-19-9-3-10-20-41)56-52(37-48)42-21-11-4-12-22-42/h1,3-7,9-37H,2,8H2. The van der Waals surface area contributed by atoms with E-state index in [0.29, 0.717) is 0 Å². The normalized spacial score (nSPS) is 12.4. The maximum Gasteiger partial charge on any atom is 0.0787 e. The summed E-state index contributed by atoms with van der Waals surface area (Å²) in [6.07, 6.45) is 8.85. The molecule has 0 bridgehead atoms. The summed E-state index contributed by atoms with van der Waals surface area (Å²) in [6.45, 7) is 0. The minimum atomic E-state index is 0.935. The third-order valence-corrected chi connectivity index (χ3v) is 10.9. The second-order valence-corrected chi connectivity index (χ2v) is 14.7. The largest absolute Gasteiger partial charge is 0.248 e. The fourth-order valence-corrected chi connectivity index (χ4v) is 7.84. The van der Waals surface area contributed by atoms with Crippen LogP contribution in [-0.4, -0.2) is 15.0 Å². The molecule has 0 N–H and O–H groups in total. The number of pyridine rings is 3. The van der Waals surface area contributed by atoms with E-state index in [1.165, 1.54) is 11.1 Å². The zero-order valence-electron chi connectivity index (χ0n) is 32.0. The second-order valence-electron chi connectivity index (χ2n) is 14.7. The summed E-state index contributed by atoms with van der Waals surface area (Å²) in [4.78, 5) is 15.6. The summed E-state index contributed by atoms with van der Waals surface area (Å²) in [5, 5.41) is 2.28. The van der Waals surface area contributed by atoms with Crippen LogP contribution in [0.2, 0.25) is 0 Å². The van der Waals surface area contributed by atoms with Crippen molar-refractivity contribution in [2.24, 2.45) is 0 Å². The maximum absolute atomic E-state index is 5.34. The van der Waals surface area contributed by atoms with Gasteiger partial charge in [-0.25, -0.2) is 15.0 Å². The molecule has 0 radical (unpaired) electrons. The Balaban J connectivity index is 1.00. The first kappa shape index (κ1) is 35.0. The van der Waals surface area contributed by atoms with Crippen LogP contribution in [0, 0.1) is 0 Å². The molecule has 3 nitrogen and oxygen atoms in total. The van der Waals surface area contributed by atoms with Gasteiger partial charge in [-0.05, 0) is 76.4 Å². The van der Waals surface area contributed by atoms with Gasteiger partial charge in [-0.1, -0.05) is 182 Å². The van der Waals surface area contributed by atoms with Crippen molar-refractivity contribution in [3.05, 3.63) is 218 Å². The van der Waals surface area contributed by atoms with Crippen molar-refractivity contribution < 1.29 is 0 Å². The van der Waals surface area contributed by atoms with Crippen LogP contribution in [0.25, 0.3) is 94.9 Å². The van der Waals surface area contributed by atoms with Crippen molar-refractivity contribution >= 4 is 16.3 Å². The first-order valence-electron chi connectivity index (χ1n) is 19.9. The summed E-state index contributed by atoms with van der Waals surface area (Å²) in [6, 6.07) is 68.4. The molecule has 3 aromatic heterocycles. The lowest BCUT2D eigenvalue weighted by atomic mass is 9.96. The second kappa shape index (κ2) is 15.6. The molecule has 0 spiro atoms. The van der Waals surface area contributed by atoms with E-state index in [9.17, 15) is 0 Å². The van der Waals surface area contributed by atoms with E-state index in [1.807, 2.05) is 12.1 Å². The number of benzene rings is 6. The lowest BCUT2D eigenvalue weighted by Gasteiger charge is -2.14. The topological polar surface area (TPSA) is 38.7 Å². The number of hydrogen-bond acceptors (Lipinski definition) is 3. The van der Waals surface area contributed by atoms with Gasteiger partial charge >= 0.3 is 0 Å². The number of aromatic nitrogens is 3. The van der Waals surface area contributed by atoms with E-state index >= 15 is 0 Å². The van der Waals surface area contributed by atoms with E-state index in [0.717, 1.165) is 102 Å². The predicted molar refractivity (Wildman–Crippen MR) is 242 cm³/mol. The molecule has 1 aliphatic carbocycles. The fourth-order valence-electron chi connectivity index (χ4n) is 7.84. The van der Waals surface area contributed by atoms with Crippen molar-refractivity contribution in [3.63, 3.8) is 0 Å². The van der Waals surface area contributed by atoms with E-state index in [1.54, 1.807) is 0 Å². The van der Waals surface area contributed by atoms with Crippen LogP contribution in [0.4, 0.5) is 0 Å². The minimum absolute atomic E-state index is 0.935. The maximum atomic E-state index is 5.34. The molecule has 3 heterocycles. The Morgan fingerprint density at radius 1 is 0.310 bits per heavy atom. The molecular formula is C55H39N3. The Bertz CT molecular complexity index is 2890. The lowest BCUT2D eigenvalue weighted by molar-refractivity contribution is 1.04. The number of fused-ring (bicyclic) bond motifs is 1. The van der Waals surface area contributed by atoms with Gasteiger partial charge in [0.05, 0.1) is 34.2 Å². The molecule has 3 heteroatoms. The van der Waals surface area contributed by atoms with E-state index < -0.39 is 0 Å². The lowest BCUT2D eigenvalue weighted by Crippen LogP contribution is -1.95. The number of nitrogens with zero attached hydrogens (tertiary/aromatic N) is 3. The molecule has 274 valence electrons. The molecule has 0 atom stereocenters. The van der Waals surface area contributed by atoms with Crippen LogP contribution in [0.5, 0.6) is 0 Å². The Morgan fingerprint density at radius 2 is 0.741 bits per heavy atom. The van der Waals surface area contributed by atoms with Gasteiger partial charge in [-0.3, -0.25) is 0 Å². The average Bonchev–Trinajstić information content (AvgIpc) is 3.32. The van der Waals surface area contributed by atoms with Gasteiger partial charge in [0, 0.05) is 33.2 Å². The highest BCUT2D eigenvalue weighted by Crippen LogP contribution is 2.36. The smallest absolute Gasteiger partial charge is 0.0787 e. The van der Waals surface area contributed by atoms with Crippen LogP contribution in [0.3, 0.4) is 0 Å². The Hall–Kier alpha value is -7.49. The highest BCUT2D eigenvalue weighted by molar-refractivity contribution is 5.97. The van der Waals surface area contributed by atoms with Gasteiger partial charge in [0.2, 0.25) is 0 Å². The molecule has 1 aliphatic rings. The van der Waals surface area contributed by atoms with Crippen molar-refractivity contribution in [1.82, 2.24) is 15.0 Å². The van der Waals surface area contributed by atoms with Crippen LogP contribution < -0.4 is 0 Å². The zero-order valence-corrected chi connectivity index (χ0v) is 32.0. The number of rotatable bonds is 8. The number of hydrogen-bond donors (Lipinski definition) is 0. The Labute approximate surface area is 339 Å². The van der Waals surface area contributed by atoms with Gasteiger partial charge < -0.3 is 0 Å².